The van der Waals surface area contributed by atoms with Gasteiger partial charge in [-0.1, -0.05) is 37.3 Å². The van der Waals surface area contributed by atoms with Crippen molar-refractivity contribution >= 4 is 12.4 Å². The molecule has 0 saturated heterocycles. The van der Waals surface area contributed by atoms with Crippen molar-refractivity contribution in [3.63, 3.8) is 0 Å². The molecule has 1 aliphatic carbocycles. The number of fused-ring (bicyclic) bond motifs is 1. The minimum atomic E-state index is -0.543. The third kappa shape index (κ3) is 1.32. The molecular formula is C13H13BO2. The number of allylic oxidation sites excluding steroid dienone is 4. The highest BCUT2D eigenvalue weighted by Gasteiger charge is 2.33. The van der Waals surface area contributed by atoms with Gasteiger partial charge in [0.05, 0.1) is 0 Å². The molecule has 1 atom stereocenters. The molecule has 2 aliphatic rings. The average Bonchev–Trinajstić information content (AvgIpc) is 2.31. The van der Waals surface area contributed by atoms with Gasteiger partial charge in [-0.2, -0.15) is 0 Å². The van der Waals surface area contributed by atoms with Crippen LogP contribution in [0.3, 0.4) is 0 Å². The molecule has 0 radical (unpaired) electrons. The van der Waals surface area contributed by atoms with E-state index in [-0.39, 0.29) is 0 Å². The van der Waals surface area contributed by atoms with Gasteiger partial charge in [0.1, 0.15) is 11.5 Å². The minimum absolute atomic E-state index is 0.350. The lowest BCUT2D eigenvalue weighted by Crippen LogP contribution is -2.40. The largest absolute Gasteiger partial charge is 0.462 e. The summed E-state index contributed by atoms with van der Waals surface area (Å²) in [5, 5.41) is 10.3. The van der Waals surface area contributed by atoms with Gasteiger partial charge < -0.3 is 9.76 Å². The first-order valence-corrected chi connectivity index (χ1v) is 5.63. The van der Waals surface area contributed by atoms with Crippen molar-refractivity contribution in [3.8, 4) is 5.75 Å². The summed E-state index contributed by atoms with van der Waals surface area (Å²) in [7, 11) is 0. The number of hydrogen-bond donors (Lipinski definition) is 1. The molecule has 1 aromatic rings. The number of benzene rings is 1. The zero-order valence-corrected chi connectivity index (χ0v) is 9.18. The summed E-state index contributed by atoms with van der Waals surface area (Å²) in [6.45, 7) is 1.58. The van der Waals surface area contributed by atoms with Crippen molar-refractivity contribution in [2.45, 2.75) is 13.3 Å². The summed E-state index contributed by atoms with van der Waals surface area (Å²) in [6, 6.07) is 7.68. The molecule has 0 fully saturated rings. The molecule has 0 bridgehead atoms. The Morgan fingerprint density at radius 2 is 2.19 bits per heavy atom. The first kappa shape index (κ1) is 9.73. The quantitative estimate of drug-likeness (QED) is 0.662. The monoisotopic (exact) mass is 212 g/mol. The topological polar surface area (TPSA) is 29.5 Å². The first-order valence-electron chi connectivity index (χ1n) is 5.63. The summed E-state index contributed by atoms with van der Waals surface area (Å²) in [5.74, 6) is 2.06. The number of hydrogen-bond acceptors (Lipinski definition) is 2. The Morgan fingerprint density at radius 1 is 1.38 bits per heavy atom. The summed E-state index contributed by atoms with van der Waals surface area (Å²) >= 11 is 0. The molecule has 1 unspecified atom stereocenters. The van der Waals surface area contributed by atoms with Gasteiger partial charge >= 0.3 is 6.92 Å². The van der Waals surface area contributed by atoms with Crippen molar-refractivity contribution in [3.05, 3.63) is 47.6 Å². The molecule has 0 amide bonds. The van der Waals surface area contributed by atoms with Gasteiger partial charge in [0.2, 0.25) is 0 Å². The molecule has 1 heterocycles. The standard InChI is InChI=1S/C13H13BO2/c1-9-5-4-7-11-13(9)16-12-8-3-2-6-10(12)14(11)15/h2-4,6-9,15H,5H2,1H3. The summed E-state index contributed by atoms with van der Waals surface area (Å²) in [6.07, 6.45) is 5.06. The summed E-state index contributed by atoms with van der Waals surface area (Å²) in [4.78, 5) is 0. The molecule has 16 heavy (non-hydrogen) atoms. The summed E-state index contributed by atoms with van der Waals surface area (Å²) in [5.41, 5.74) is 1.78. The second kappa shape index (κ2) is 3.53. The molecule has 1 aliphatic heterocycles. The third-order valence-electron chi connectivity index (χ3n) is 3.25. The summed E-state index contributed by atoms with van der Waals surface area (Å²) < 4.78 is 5.89. The second-order valence-electron chi connectivity index (χ2n) is 4.40. The van der Waals surface area contributed by atoms with Crippen LogP contribution in [-0.2, 0) is 0 Å². The van der Waals surface area contributed by atoms with E-state index in [0.717, 1.165) is 28.9 Å². The van der Waals surface area contributed by atoms with Crippen LogP contribution >= 0.6 is 0 Å². The van der Waals surface area contributed by atoms with E-state index in [0.29, 0.717) is 5.92 Å². The smallest absolute Gasteiger partial charge is 0.366 e. The van der Waals surface area contributed by atoms with E-state index in [1.54, 1.807) is 0 Å². The number of ether oxygens (including phenoxy) is 1. The van der Waals surface area contributed by atoms with E-state index in [1.807, 2.05) is 30.3 Å². The molecule has 0 aromatic heterocycles. The Labute approximate surface area is 95.4 Å². The van der Waals surface area contributed by atoms with E-state index in [9.17, 15) is 5.02 Å². The van der Waals surface area contributed by atoms with Gasteiger partial charge in [0.25, 0.3) is 0 Å². The zero-order valence-electron chi connectivity index (χ0n) is 9.18. The Bertz CT molecular complexity index is 490. The highest BCUT2D eigenvalue weighted by molar-refractivity contribution is 6.75. The van der Waals surface area contributed by atoms with Gasteiger partial charge in [-0.25, -0.2) is 0 Å². The molecule has 80 valence electrons. The molecule has 1 N–H and O–H groups in total. The van der Waals surface area contributed by atoms with Crippen molar-refractivity contribution < 1.29 is 9.76 Å². The molecule has 0 saturated carbocycles. The molecular weight excluding hydrogens is 199 g/mol. The van der Waals surface area contributed by atoms with Crippen molar-refractivity contribution in [2.24, 2.45) is 5.92 Å². The Balaban J connectivity index is 2.12. The SMILES string of the molecule is CC1CC=CC2=C1Oc1ccccc1B2O. The zero-order chi connectivity index (χ0) is 11.1. The van der Waals surface area contributed by atoms with E-state index in [4.69, 9.17) is 4.74 Å². The number of rotatable bonds is 0. The van der Waals surface area contributed by atoms with Crippen LogP contribution in [0.25, 0.3) is 0 Å². The van der Waals surface area contributed by atoms with Crippen LogP contribution in [0.15, 0.2) is 47.6 Å². The molecule has 0 spiro atoms. The maximum atomic E-state index is 10.3. The lowest BCUT2D eigenvalue weighted by molar-refractivity contribution is 0.349. The lowest BCUT2D eigenvalue weighted by atomic mass is 9.52. The lowest BCUT2D eigenvalue weighted by Gasteiger charge is -2.29. The predicted molar refractivity (Wildman–Crippen MR) is 64.6 cm³/mol. The van der Waals surface area contributed by atoms with E-state index >= 15 is 0 Å². The predicted octanol–water partition coefficient (Wildman–Crippen LogP) is 1.66. The van der Waals surface area contributed by atoms with Crippen LogP contribution in [0.5, 0.6) is 5.75 Å². The van der Waals surface area contributed by atoms with Crippen LogP contribution < -0.4 is 10.2 Å². The Kier molecular flexibility index (Phi) is 2.15. The van der Waals surface area contributed by atoms with Crippen molar-refractivity contribution in [1.82, 2.24) is 0 Å². The van der Waals surface area contributed by atoms with Crippen LogP contribution in [-0.4, -0.2) is 11.9 Å². The van der Waals surface area contributed by atoms with Crippen LogP contribution in [0.2, 0.25) is 0 Å². The Morgan fingerprint density at radius 3 is 3.06 bits per heavy atom. The average molecular weight is 212 g/mol. The third-order valence-corrected chi connectivity index (χ3v) is 3.25. The van der Waals surface area contributed by atoms with E-state index < -0.39 is 6.92 Å². The maximum Gasteiger partial charge on any atom is 0.366 e. The van der Waals surface area contributed by atoms with Gasteiger partial charge in [-0.15, -0.1) is 0 Å². The first-order chi connectivity index (χ1) is 7.77. The molecule has 3 rings (SSSR count). The number of para-hydroxylation sites is 1. The Hall–Kier alpha value is -1.48. The van der Waals surface area contributed by atoms with E-state index in [1.165, 1.54) is 0 Å². The van der Waals surface area contributed by atoms with E-state index in [2.05, 4.69) is 13.0 Å². The van der Waals surface area contributed by atoms with Crippen molar-refractivity contribution in [1.29, 1.82) is 0 Å². The fraction of sp³-hybridized carbons (Fsp3) is 0.231. The van der Waals surface area contributed by atoms with Crippen LogP contribution in [0.1, 0.15) is 13.3 Å². The fourth-order valence-electron chi connectivity index (χ4n) is 2.34. The molecule has 1 aromatic carbocycles. The molecule has 2 nitrogen and oxygen atoms in total. The second-order valence-corrected chi connectivity index (χ2v) is 4.40. The fourth-order valence-corrected chi connectivity index (χ4v) is 2.34. The van der Waals surface area contributed by atoms with Crippen LogP contribution in [0, 0.1) is 5.92 Å². The highest BCUT2D eigenvalue weighted by Crippen LogP contribution is 2.32. The van der Waals surface area contributed by atoms with Gasteiger partial charge in [-0.3, -0.25) is 0 Å². The van der Waals surface area contributed by atoms with Gasteiger partial charge in [-0.05, 0) is 23.4 Å². The van der Waals surface area contributed by atoms with Crippen molar-refractivity contribution in [2.75, 3.05) is 0 Å². The molecule has 3 heteroatoms. The normalized spacial score (nSPS) is 22.6. The van der Waals surface area contributed by atoms with Gasteiger partial charge in [0, 0.05) is 5.92 Å². The maximum absolute atomic E-state index is 10.3. The van der Waals surface area contributed by atoms with Gasteiger partial charge in [0.15, 0.2) is 0 Å². The minimum Gasteiger partial charge on any atom is -0.462 e. The van der Waals surface area contributed by atoms with Crippen LogP contribution in [0.4, 0.5) is 0 Å². The highest BCUT2D eigenvalue weighted by atomic mass is 16.5.